The molecule has 3 N–H and O–H groups in total. The molecule has 0 saturated carbocycles. The van der Waals surface area contributed by atoms with Crippen LogP contribution in [0.15, 0.2) is 63.7 Å². The Balaban J connectivity index is 2.00. The van der Waals surface area contributed by atoms with Crippen molar-refractivity contribution < 1.29 is 22.2 Å². The Morgan fingerprint density at radius 1 is 1.29 bits per heavy atom. The first-order chi connectivity index (χ1) is 11.4. The van der Waals surface area contributed by atoms with Crippen molar-refractivity contribution in [3.63, 3.8) is 0 Å². The van der Waals surface area contributed by atoms with Gasteiger partial charge in [-0.2, -0.15) is 13.7 Å². The topological polar surface area (TPSA) is 132 Å². The minimum atomic E-state index is -4.30. The fourth-order valence-corrected chi connectivity index (χ4v) is 2.20. The van der Waals surface area contributed by atoms with Crippen molar-refractivity contribution in [3.8, 4) is 6.07 Å². The van der Waals surface area contributed by atoms with Crippen LogP contribution in [0.25, 0.3) is 0 Å². The lowest BCUT2D eigenvalue weighted by Gasteiger charge is -2.05. The first-order valence-electron chi connectivity index (χ1n) is 6.65. The number of carbonyl (C=O) groups is 1. The average Bonchev–Trinajstić information content (AvgIpc) is 3.04. The summed E-state index contributed by atoms with van der Waals surface area (Å²) in [4.78, 5) is 11.7. The molecule has 0 aliphatic rings. The van der Waals surface area contributed by atoms with E-state index in [-0.39, 0.29) is 16.2 Å². The molecule has 9 heteroatoms. The molecular formula is C15H13N3O5S. The first-order valence-corrected chi connectivity index (χ1v) is 8.09. The van der Waals surface area contributed by atoms with Gasteiger partial charge in [-0.1, -0.05) is 0 Å². The van der Waals surface area contributed by atoms with Gasteiger partial charge in [-0.15, -0.1) is 0 Å². The molecule has 1 aromatic carbocycles. The molecule has 0 atom stereocenters. The molecule has 8 nitrogen and oxygen atoms in total. The van der Waals surface area contributed by atoms with E-state index in [1.165, 1.54) is 24.6 Å². The van der Waals surface area contributed by atoms with Gasteiger partial charge in [-0.3, -0.25) is 9.35 Å². The number of benzene rings is 1. The van der Waals surface area contributed by atoms with Crippen LogP contribution in [-0.2, 0) is 21.5 Å². The molecule has 24 heavy (non-hydrogen) atoms. The summed E-state index contributed by atoms with van der Waals surface area (Å²) >= 11 is 0. The van der Waals surface area contributed by atoms with Gasteiger partial charge < -0.3 is 15.1 Å². The summed E-state index contributed by atoms with van der Waals surface area (Å²) in [5, 5.41) is 14.3. The molecule has 2 rings (SSSR count). The molecule has 0 unspecified atom stereocenters. The molecular weight excluding hydrogens is 334 g/mol. The fourth-order valence-electron chi connectivity index (χ4n) is 1.72. The molecule has 1 aromatic heterocycles. The Labute approximate surface area is 138 Å². The Hall–Kier alpha value is -3.09. The maximum absolute atomic E-state index is 12.0. The molecule has 124 valence electrons. The van der Waals surface area contributed by atoms with Crippen LogP contribution in [0.5, 0.6) is 0 Å². The van der Waals surface area contributed by atoms with Crippen LogP contribution in [0.1, 0.15) is 5.76 Å². The van der Waals surface area contributed by atoms with Crippen molar-refractivity contribution in [3.05, 3.63) is 60.2 Å². The van der Waals surface area contributed by atoms with Gasteiger partial charge in [0.15, 0.2) is 0 Å². The predicted octanol–water partition coefficient (Wildman–Crippen LogP) is 1.66. The van der Waals surface area contributed by atoms with E-state index in [0.717, 1.165) is 12.1 Å². The van der Waals surface area contributed by atoms with Crippen molar-refractivity contribution in [2.75, 3.05) is 5.32 Å². The molecule has 0 aliphatic heterocycles. The van der Waals surface area contributed by atoms with E-state index in [9.17, 15) is 13.2 Å². The van der Waals surface area contributed by atoms with Crippen LogP contribution in [0, 0.1) is 11.3 Å². The lowest BCUT2D eigenvalue weighted by molar-refractivity contribution is -0.112. The van der Waals surface area contributed by atoms with Gasteiger partial charge in [0.05, 0.1) is 17.7 Å². The SMILES string of the molecule is N#C/C(=C/NCc1ccco1)C(=O)Nc1ccc(S(=O)(=O)O)cc1. The zero-order valence-electron chi connectivity index (χ0n) is 12.3. The number of furan rings is 1. The van der Waals surface area contributed by atoms with Gasteiger partial charge in [0.1, 0.15) is 17.4 Å². The number of nitriles is 1. The number of nitrogens with one attached hydrogen (secondary N) is 2. The van der Waals surface area contributed by atoms with Crippen LogP contribution in [0.4, 0.5) is 5.69 Å². The van der Waals surface area contributed by atoms with E-state index >= 15 is 0 Å². The van der Waals surface area contributed by atoms with Crippen LogP contribution >= 0.6 is 0 Å². The van der Waals surface area contributed by atoms with Crippen LogP contribution in [-0.4, -0.2) is 18.9 Å². The zero-order chi connectivity index (χ0) is 17.6. The molecule has 1 heterocycles. The third-order valence-electron chi connectivity index (χ3n) is 2.88. The van der Waals surface area contributed by atoms with Crippen molar-refractivity contribution >= 4 is 21.7 Å². The largest absolute Gasteiger partial charge is 0.467 e. The maximum Gasteiger partial charge on any atom is 0.294 e. The summed E-state index contributed by atoms with van der Waals surface area (Å²) < 4.78 is 35.9. The van der Waals surface area contributed by atoms with Crippen molar-refractivity contribution in [1.29, 1.82) is 5.26 Å². The molecule has 0 bridgehead atoms. The fraction of sp³-hybridized carbons (Fsp3) is 0.0667. The summed E-state index contributed by atoms with van der Waals surface area (Å²) in [6.07, 6.45) is 2.76. The predicted molar refractivity (Wildman–Crippen MR) is 84.1 cm³/mol. The second kappa shape index (κ2) is 7.45. The number of hydrogen-bond acceptors (Lipinski definition) is 6. The molecule has 0 saturated heterocycles. The zero-order valence-corrected chi connectivity index (χ0v) is 13.1. The maximum atomic E-state index is 12.0. The normalized spacial score (nSPS) is 11.6. The minimum Gasteiger partial charge on any atom is -0.467 e. The molecule has 0 radical (unpaired) electrons. The summed E-state index contributed by atoms with van der Waals surface area (Å²) in [5.74, 6) is -0.0196. The van der Waals surface area contributed by atoms with E-state index in [0.29, 0.717) is 12.3 Å². The quantitative estimate of drug-likeness (QED) is 0.411. The Bertz CT molecular complexity index is 878. The number of rotatable bonds is 6. The highest BCUT2D eigenvalue weighted by Gasteiger charge is 2.12. The van der Waals surface area contributed by atoms with E-state index in [1.54, 1.807) is 18.2 Å². The Morgan fingerprint density at radius 3 is 2.54 bits per heavy atom. The van der Waals surface area contributed by atoms with Gasteiger partial charge in [0.2, 0.25) is 0 Å². The summed E-state index contributed by atoms with van der Waals surface area (Å²) in [5.41, 5.74) is 0.111. The van der Waals surface area contributed by atoms with E-state index in [1.807, 2.05) is 0 Å². The molecule has 0 spiro atoms. The van der Waals surface area contributed by atoms with E-state index < -0.39 is 16.0 Å². The minimum absolute atomic E-state index is 0.166. The van der Waals surface area contributed by atoms with Crippen LogP contribution in [0.3, 0.4) is 0 Å². The van der Waals surface area contributed by atoms with Gasteiger partial charge in [-0.25, -0.2) is 0 Å². The van der Waals surface area contributed by atoms with Crippen molar-refractivity contribution in [2.24, 2.45) is 0 Å². The number of anilines is 1. The summed E-state index contributed by atoms with van der Waals surface area (Å²) in [6.45, 7) is 0.314. The lowest BCUT2D eigenvalue weighted by Crippen LogP contribution is -2.16. The number of carbonyl (C=O) groups excluding carboxylic acids is 1. The average molecular weight is 347 g/mol. The highest BCUT2D eigenvalue weighted by molar-refractivity contribution is 7.85. The van der Waals surface area contributed by atoms with Crippen molar-refractivity contribution in [2.45, 2.75) is 11.4 Å². The molecule has 1 amide bonds. The highest BCUT2D eigenvalue weighted by atomic mass is 32.2. The van der Waals surface area contributed by atoms with Gasteiger partial charge in [0, 0.05) is 11.9 Å². The standard InChI is InChI=1S/C15H13N3O5S/c16-8-11(9-17-10-13-2-1-7-23-13)15(19)18-12-3-5-14(6-4-12)24(20,21)22/h1-7,9,17H,10H2,(H,18,19)(H,20,21,22)/b11-9-. The number of nitrogens with zero attached hydrogens (tertiary/aromatic N) is 1. The number of amides is 1. The number of hydrogen-bond donors (Lipinski definition) is 3. The lowest BCUT2D eigenvalue weighted by atomic mass is 10.2. The Morgan fingerprint density at radius 2 is 2.00 bits per heavy atom. The van der Waals surface area contributed by atoms with Gasteiger partial charge in [-0.05, 0) is 36.4 Å². The van der Waals surface area contributed by atoms with Crippen molar-refractivity contribution in [1.82, 2.24) is 5.32 Å². The smallest absolute Gasteiger partial charge is 0.294 e. The molecule has 0 aliphatic carbocycles. The third-order valence-corrected chi connectivity index (χ3v) is 3.75. The second-order valence-electron chi connectivity index (χ2n) is 4.58. The summed E-state index contributed by atoms with van der Waals surface area (Å²) in [7, 11) is -4.30. The molecule has 2 aromatic rings. The van der Waals surface area contributed by atoms with E-state index in [4.69, 9.17) is 14.2 Å². The second-order valence-corrected chi connectivity index (χ2v) is 6.01. The molecule has 0 fully saturated rings. The first kappa shape index (κ1) is 17.3. The van der Waals surface area contributed by atoms with Gasteiger partial charge in [0.25, 0.3) is 16.0 Å². The monoisotopic (exact) mass is 347 g/mol. The van der Waals surface area contributed by atoms with E-state index in [2.05, 4.69) is 10.6 Å². The highest BCUT2D eigenvalue weighted by Crippen LogP contribution is 2.14. The summed E-state index contributed by atoms with van der Waals surface area (Å²) in [6, 6.07) is 10.1. The van der Waals surface area contributed by atoms with Crippen LogP contribution < -0.4 is 10.6 Å². The Kier molecular flexibility index (Phi) is 5.36. The van der Waals surface area contributed by atoms with Crippen LogP contribution in [0.2, 0.25) is 0 Å². The van der Waals surface area contributed by atoms with Gasteiger partial charge >= 0.3 is 0 Å². The third kappa shape index (κ3) is 4.70.